The Labute approximate surface area is 117 Å². The zero-order valence-electron chi connectivity index (χ0n) is 12.6. The summed E-state index contributed by atoms with van der Waals surface area (Å²) in [5.74, 6) is 0. The van der Waals surface area contributed by atoms with Crippen molar-refractivity contribution in [3.8, 4) is 0 Å². The molecular weight excluding hydrogens is 244 g/mol. The number of hydrogen-bond acceptors (Lipinski definition) is 5. The molecule has 5 heteroatoms. The summed E-state index contributed by atoms with van der Waals surface area (Å²) in [4.78, 5) is 2.27. The van der Waals surface area contributed by atoms with Gasteiger partial charge in [-0.15, -0.1) is 0 Å². The third-order valence-electron chi connectivity index (χ3n) is 3.54. The zero-order valence-corrected chi connectivity index (χ0v) is 12.6. The summed E-state index contributed by atoms with van der Waals surface area (Å²) in [6.07, 6.45) is 2.00. The molecule has 0 amide bonds. The molecule has 0 aromatic heterocycles. The van der Waals surface area contributed by atoms with E-state index in [1.165, 1.54) is 0 Å². The smallest absolute Gasteiger partial charge is 0.0897 e. The second kappa shape index (κ2) is 9.66. The predicted octanol–water partition coefficient (Wildman–Crippen LogP) is 0.473. The van der Waals surface area contributed by atoms with Crippen LogP contribution in [0.1, 0.15) is 26.7 Å². The first-order valence-corrected chi connectivity index (χ1v) is 7.38. The molecule has 19 heavy (non-hydrogen) atoms. The Balaban J connectivity index is 1.91. The average Bonchev–Trinajstić information content (AvgIpc) is 2.87. The van der Waals surface area contributed by atoms with E-state index in [4.69, 9.17) is 9.47 Å². The van der Waals surface area contributed by atoms with Crippen LogP contribution in [-0.4, -0.2) is 74.8 Å². The van der Waals surface area contributed by atoms with Crippen LogP contribution in [0.2, 0.25) is 0 Å². The lowest BCUT2D eigenvalue weighted by Gasteiger charge is -2.21. The third kappa shape index (κ3) is 7.84. The van der Waals surface area contributed by atoms with Gasteiger partial charge in [0.2, 0.25) is 0 Å². The van der Waals surface area contributed by atoms with Gasteiger partial charge in [0.1, 0.15) is 0 Å². The highest BCUT2D eigenvalue weighted by atomic mass is 16.5. The molecule has 0 spiro atoms. The number of hydrogen-bond donors (Lipinski definition) is 2. The van der Waals surface area contributed by atoms with E-state index in [-0.39, 0.29) is 6.10 Å². The van der Waals surface area contributed by atoms with Crippen molar-refractivity contribution in [2.24, 2.45) is 0 Å². The molecule has 1 aliphatic rings. The maximum Gasteiger partial charge on any atom is 0.0897 e. The van der Waals surface area contributed by atoms with Gasteiger partial charge in [0.05, 0.1) is 25.4 Å². The fraction of sp³-hybridized carbons (Fsp3) is 1.00. The summed E-state index contributed by atoms with van der Waals surface area (Å²) in [5.41, 5.74) is 0. The number of aliphatic hydroxyl groups is 1. The van der Waals surface area contributed by atoms with Gasteiger partial charge < -0.3 is 24.8 Å². The van der Waals surface area contributed by atoms with E-state index < -0.39 is 6.10 Å². The van der Waals surface area contributed by atoms with Gasteiger partial charge in [-0.05, 0) is 33.7 Å². The fourth-order valence-electron chi connectivity index (χ4n) is 1.95. The molecule has 5 nitrogen and oxygen atoms in total. The van der Waals surface area contributed by atoms with Crippen LogP contribution in [0.5, 0.6) is 0 Å². The minimum Gasteiger partial charge on any atom is -0.389 e. The minimum atomic E-state index is -0.439. The molecule has 2 unspecified atom stereocenters. The summed E-state index contributed by atoms with van der Waals surface area (Å²) in [5, 5.41) is 13.0. The molecule has 0 bridgehead atoms. The largest absolute Gasteiger partial charge is 0.389 e. The average molecular weight is 274 g/mol. The molecule has 1 saturated heterocycles. The number of aliphatic hydroxyl groups excluding tert-OH is 1. The van der Waals surface area contributed by atoms with Gasteiger partial charge >= 0.3 is 0 Å². The van der Waals surface area contributed by atoms with E-state index in [1.54, 1.807) is 0 Å². The van der Waals surface area contributed by atoms with Gasteiger partial charge in [-0.25, -0.2) is 0 Å². The van der Waals surface area contributed by atoms with Crippen molar-refractivity contribution in [1.29, 1.82) is 0 Å². The highest BCUT2D eigenvalue weighted by molar-refractivity contribution is 4.65. The van der Waals surface area contributed by atoms with Crippen LogP contribution >= 0.6 is 0 Å². The summed E-state index contributed by atoms with van der Waals surface area (Å²) in [7, 11) is 2.10. The molecule has 1 heterocycles. The van der Waals surface area contributed by atoms with Gasteiger partial charge in [0, 0.05) is 32.3 Å². The minimum absolute atomic E-state index is 0.236. The first-order valence-electron chi connectivity index (χ1n) is 7.38. The first-order chi connectivity index (χ1) is 9.09. The summed E-state index contributed by atoms with van der Waals surface area (Å²) in [6.45, 7) is 8.64. The summed E-state index contributed by atoms with van der Waals surface area (Å²) < 4.78 is 10.9. The number of likely N-dealkylation sites (N-methyl/N-ethyl adjacent to an activating group) is 1. The molecule has 0 saturated carbocycles. The monoisotopic (exact) mass is 274 g/mol. The Morgan fingerprint density at radius 3 is 2.89 bits per heavy atom. The maximum atomic E-state index is 9.76. The Bertz CT molecular complexity index is 221. The van der Waals surface area contributed by atoms with E-state index in [2.05, 4.69) is 31.1 Å². The van der Waals surface area contributed by atoms with Crippen LogP contribution in [0.3, 0.4) is 0 Å². The highest BCUT2D eigenvalue weighted by Gasteiger charge is 2.16. The molecule has 1 rings (SSSR count). The lowest BCUT2D eigenvalue weighted by Crippen LogP contribution is -2.37. The van der Waals surface area contributed by atoms with Crippen LogP contribution in [0, 0.1) is 0 Å². The van der Waals surface area contributed by atoms with Gasteiger partial charge in [-0.1, -0.05) is 0 Å². The van der Waals surface area contributed by atoms with Crippen molar-refractivity contribution >= 4 is 0 Å². The van der Waals surface area contributed by atoms with Crippen LogP contribution in [0.25, 0.3) is 0 Å². The Hall–Kier alpha value is -0.200. The molecule has 0 aliphatic carbocycles. The van der Waals surface area contributed by atoms with E-state index in [9.17, 15) is 5.11 Å². The Morgan fingerprint density at radius 2 is 2.26 bits per heavy atom. The van der Waals surface area contributed by atoms with Crippen molar-refractivity contribution in [2.75, 3.05) is 46.5 Å². The van der Waals surface area contributed by atoms with Crippen molar-refractivity contribution in [3.05, 3.63) is 0 Å². The van der Waals surface area contributed by atoms with Gasteiger partial charge in [-0.3, -0.25) is 0 Å². The van der Waals surface area contributed by atoms with Crippen molar-refractivity contribution in [1.82, 2.24) is 10.2 Å². The standard InChI is InChI=1S/C14H30N2O3/c1-12(2)16(3)7-6-15-9-13(17)10-18-11-14-5-4-8-19-14/h12-15,17H,4-11H2,1-3H3. The van der Waals surface area contributed by atoms with E-state index in [0.29, 0.717) is 25.8 Å². The van der Waals surface area contributed by atoms with E-state index in [1.807, 2.05) is 0 Å². The molecule has 2 atom stereocenters. The lowest BCUT2D eigenvalue weighted by atomic mass is 10.2. The summed E-state index contributed by atoms with van der Waals surface area (Å²) >= 11 is 0. The first kappa shape index (κ1) is 16.9. The van der Waals surface area contributed by atoms with Crippen molar-refractivity contribution in [3.63, 3.8) is 0 Å². The molecule has 1 aliphatic heterocycles. The maximum absolute atomic E-state index is 9.76. The number of nitrogens with zero attached hydrogens (tertiary/aromatic N) is 1. The second-order valence-electron chi connectivity index (χ2n) is 5.60. The molecule has 2 N–H and O–H groups in total. The van der Waals surface area contributed by atoms with Gasteiger partial charge in [0.15, 0.2) is 0 Å². The molecular formula is C14H30N2O3. The highest BCUT2D eigenvalue weighted by Crippen LogP contribution is 2.11. The Morgan fingerprint density at radius 1 is 1.47 bits per heavy atom. The fourth-order valence-corrected chi connectivity index (χ4v) is 1.95. The van der Waals surface area contributed by atoms with E-state index in [0.717, 1.165) is 32.5 Å². The normalized spacial score (nSPS) is 21.5. The zero-order chi connectivity index (χ0) is 14.1. The topological polar surface area (TPSA) is 54.0 Å². The van der Waals surface area contributed by atoms with Gasteiger partial charge in [0.25, 0.3) is 0 Å². The van der Waals surface area contributed by atoms with Crippen molar-refractivity contribution < 1.29 is 14.6 Å². The van der Waals surface area contributed by atoms with Gasteiger partial charge in [-0.2, -0.15) is 0 Å². The van der Waals surface area contributed by atoms with Crippen LogP contribution in [0.4, 0.5) is 0 Å². The molecule has 0 aromatic rings. The molecule has 0 radical (unpaired) electrons. The summed E-state index contributed by atoms with van der Waals surface area (Å²) in [6, 6.07) is 0.557. The second-order valence-corrected chi connectivity index (χ2v) is 5.60. The van der Waals surface area contributed by atoms with Crippen molar-refractivity contribution in [2.45, 2.75) is 44.9 Å². The molecule has 114 valence electrons. The Kier molecular flexibility index (Phi) is 8.57. The number of ether oxygens (including phenoxy) is 2. The van der Waals surface area contributed by atoms with Crippen LogP contribution < -0.4 is 5.32 Å². The van der Waals surface area contributed by atoms with Crippen LogP contribution in [-0.2, 0) is 9.47 Å². The lowest BCUT2D eigenvalue weighted by molar-refractivity contribution is -0.0164. The van der Waals surface area contributed by atoms with E-state index >= 15 is 0 Å². The molecule has 0 aromatic carbocycles. The predicted molar refractivity (Wildman–Crippen MR) is 76.4 cm³/mol. The molecule has 1 fully saturated rings. The quantitative estimate of drug-likeness (QED) is 0.567. The van der Waals surface area contributed by atoms with Crippen LogP contribution in [0.15, 0.2) is 0 Å². The SMILES string of the molecule is CC(C)N(C)CCNCC(O)COCC1CCCO1. The number of rotatable bonds is 10. The third-order valence-corrected chi connectivity index (χ3v) is 3.54. The number of nitrogens with one attached hydrogen (secondary N) is 1.